The van der Waals surface area contributed by atoms with Gasteiger partial charge in [0.15, 0.2) is 0 Å². The fraction of sp³-hybridized carbons (Fsp3) is 0.364. The molecule has 0 spiro atoms. The predicted molar refractivity (Wildman–Crippen MR) is 154 cm³/mol. The van der Waals surface area contributed by atoms with Crippen LogP contribution >= 0.6 is 0 Å². The number of benzene rings is 3. The predicted octanol–water partition coefficient (Wildman–Crippen LogP) is 4.34. The SMILES string of the molecule is C[C@H](OCc1ccccc1)[C@@H](NC(=O)OCC1c2ccccc2-c2ccccc21)C(=O)N1C(C(=O)O)C[C@@H]2OCC[C@@H]21. The molecular weight excluding hydrogens is 536 g/mol. The van der Waals surface area contributed by atoms with Gasteiger partial charge in [-0.2, -0.15) is 0 Å². The van der Waals surface area contributed by atoms with Gasteiger partial charge in [0.1, 0.15) is 18.7 Å². The lowest BCUT2D eigenvalue weighted by atomic mass is 9.98. The molecule has 0 saturated carbocycles. The van der Waals surface area contributed by atoms with Gasteiger partial charge in [0.05, 0.1) is 24.9 Å². The third-order valence-corrected chi connectivity index (χ3v) is 8.57. The first-order valence-corrected chi connectivity index (χ1v) is 14.4. The number of nitrogens with one attached hydrogen (secondary N) is 1. The average molecular weight is 571 g/mol. The molecule has 2 N–H and O–H groups in total. The largest absolute Gasteiger partial charge is 0.480 e. The van der Waals surface area contributed by atoms with Crippen molar-refractivity contribution in [2.75, 3.05) is 13.2 Å². The van der Waals surface area contributed by atoms with Crippen molar-refractivity contribution in [2.24, 2.45) is 0 Å². The normalized spacial score (nSPS) is 22.1. The molecule has 3 aromatic carbocycles. The number of ether oxygens (including phenoxy) is 3. The average Bonchev–Trinajstić information content (AvgIpc) is 3.70. The lowest BCUT2D eigenvalue weighted by molar-refractivity contribution is -0.152. The molecule has 2 saturated heterocycles. The Kier molecular flexibility index (Phi) is 7.95. The van der Waals surface area contributed by atoms with Crippen LogP contribution in [0, 0.1) is 0 Å². The van der Waals surface area contributed by atoms with Crippen molar-refractivity contribution in [3.8, 4) is 11.1 Å². The number of carboxylic acids is 1. The van der Waals surface area contributed by atoms with E-state index in [1.807, 2.05) is 66.7 Å². The first-order valence-electron chi connectivity index (χ1n) is 14.4. The summed E-state index contributed by atoms with van der Waals surface area (Å²) in [5.41, 5.74) is 5.28. The maximum absolute atomic E-state index is 14.0. The van der Waals surface area contributed by atoms with Gasteiger partial charge < -0.3 is 29.5 Å². The van der Waals surface area contributed by atoms with Gasteiger partial charge in [0.2, 0.25) is 5.91 Å². The number of amides is 2. The van der Waals surface area contributed by atoms with E-state index in [0.717, 1.165) is 27.8 Å². The molecular formula is C33H34N2O7. The molecule has 6 rings (SSSR count). The summed E-state index contributed by atoms with van der Waals surface area (Å²) in [6.07, 6.45) is -1.13. The van der Waals surface area contributed by atoms with Crippen LogP contribution in [-0.2, 0) is 30.4 Å². The van der Waals surface area contributed by atoms with Crippen molar-refractivity contribution in [2.45, 2.75) is 62.6 Å². The van der Waals surface area contributed by atoms with E-state index < -0.39 is 36.2 Å². The molecule has 42 heavy (non-hydrogen) atoms. The Morgan fingerprint density at radius 2 is 1.62 bits per heavy atom. The highest BCUT2D eigenvalue weighted by atomic mass is 16.6. The quantitative estimate of drug-likeness (QED) is 0.393. The molecule has 3 aliphatic rings. The van der Waals surface area contributed by atoms with E-state index in [1.54, 1.807) is 6.92 Å². The zero-order valence-electron chi connectivity index (χ0n) is 23.3. The van der Waals surface area contributed by atoms with Crippen molar-refractivity contribution >= 4 is 18.0 Å². The molecule has 218 valence electrons. The number of hydrogen-bond acceptors (Lipinski definition) is 6. The smallest absolute Gasteiger partial charge is 0.407 e. The molecule has 1 unspecified atom stereocenters. The molecule has 2 fully saturated rings. The summed E-state index contributed by atoms with van der Waals surface area (Å²) in [4.78, 5) is 40.8. The van der Waals surface area contributed by atoms with Crippen molar-refractivity contribution in [1.29, 1.82) is 0 Å². The second-order valence-electron chi connectivity index (χ2n) is 11.0. The Bertz CT molecular complexity index is 1420. The number of aliphatic carboxylic acids is 1. The molecule has 2 amide bonds. The van der Waals surface area contributed by atoms with Gasteiger partial charge in [0, 0.05) is 18.9 Å². The first-order chi connectivity index (χ1) is 20.4. The van der Waals surface area contributed by atoms with Crippen LogP contribution < -0.4 is 5.32 Å². The number of fused-ring (bicyclic) bond motifs is 4. The minimum absolute atomic E-state index is 0.0834. The zero-order chi connectivity index (χ0) is 29.2. The fourth-order valence-corrected chi connectivity index (χ4v) is 6.49. The highest BCUT2D eigenvalue weighted by Gasteiger charge is 2.52. The van der Waals surface area contributed by atoms with Crippen molar-refractivity contribution < 1.29 is 33.7 Å². The number of likely N-dealkylation sites (tertiary alicyclic amines) is 1. The maximum Gasteiger partial charge on any atom is 0.407 e. The van der Waals surface area contributed by atoms with E-state index >= 15 is 0 Å². The highest BCUT2D eigenvalue weighted by molar-refractivity contribution is 5.91. The van der Waals surface area contributed by atoms with Crippen LogP contribution in [0.3, 0.4) is 0 Å². The van der Waals surface area contributed by atoms with Gasteiger partial charge in [-0.25, -0.2) is 9.59 Å². The van der Waals surface area contributed by atoms with Crippen LogP contribution in [0.5, 0.6) is 0 Å². The number of carbonyl (C=O) groups excluding carboxylic acids is 2. The van der Waals surface area contributed by atoms with Crippen molar-refractivity contribution in [1.82, 2.24) is 10.2 Å². The number of alkyl carbamates (subject to hydrolysis) is 1. The highest BCUT2D eigenvalue weighted by Crippen LogP contribution is 2.44. The summed E-state index contributed by atoms with van der Waals surface area (Å²) in [7, 11) is 0. The van der Waals surface area contributed by atoms with E-state index in [9.17, 15) is 19.5 Å². The lowest BCUT2D eigenvalue weighted by Crippen LogP contribution is -2.58. The molecule has 9 heteroatoms. The monoisotopic (exact) mass is 570 g/mol. The molecule has 1 aliphatic carbocycles. The lowest BCUT2D eigenvalue weighted by Gasteiger charge is -2.33. The van der Waals surface area contributed by atoms with Crippen molar-refractivity contribution in [3.63, 3.8) is 0 Å². The molecule has 0 bridgehead atoms. The van der Waals surface area contributed by atoms with Crippen LogP contribution in [0.1, 0.15) is 42.4 Å². The molecule has 5 atom stereocenters. The first kappa shape index (κ1) is 27.9. The van der Waals surface area contributed by atoms with Crippen LogP contribution in [0.15, 0.2) is 78.9 Å². The third kappa shape index (κ3) is 5.37. The van der Waals surface area contributed by atoms with Crippen LogP contribution in [0.4, 0.5) is 4.79 Å². The molecule has 0 aromatic heterocycles. The molecule has 2 heterocycles. The van der Waals surface area contributed by atoms with Crippen LogP contribution in [0.25, 0.3) is 11.1 Å². The summed E-state index contributed by atoms with van der Waals surface area (Å²) in [5, 5.41) is 12.6. The number of carboxylic acid groups (broad SMARTS) is 1. The Hall–Kier alpha value is -4.21. The van der Waals surface area contributed by atoms with E-state index in [-0.39, 0.29) is 37.7 Å². The Morgan fingerprint density at radius 3 is 2.29 bits per heavy atom. The molecule has 2 aliphatic heterocycles. The van der Waals surface area contributed by atoms with E-state index in [4.69, 9.17) is 14.2 Å². The van der Waals surface area contributed by atoms with Gasteiger partial charge in [-0.1, -0.05) is 78.9 Å². The van der Waals surface area contributed by atoms with Gasteiger partial charge in [0.25, 0.3) is 0 Å². The molecule has 9 nitrogen and oxygen atoms in total. The summed E-state index contributed by atoms with van der Waals surface area (Å²) in [6, 6.07) is 23.0. The van der Waals surface area contributed by atoms with Gasteiger partial charge in [-0.15, -0.1) is 0 Å². The number of hydrogen-bond donors (Lipinski definition) is 2. The second kappa shape index (κ2) is 12.0. The van der Waals surface area contributed by atoms with E-state index in [2.05, 4.69) is 17.4 Å². The van der Waals surface area contributed by atoms with Gasteiger partial charge in [-0.05, 0) is 41.2 Å². The summed E-state index contributed by atoms with van der Waals surface area (Å²) < 4.78 is 17.5. The third-order valence-electron chi connectivity index (χ3n) is 8.57. The van der Waals surface area contributed by atoms with Crippen LogP contribution in [0.2, 0.25) is 0 Å². The number of rotatable bonds is 9. The number of nitrogens with zero attached hydrogens (tertiary/aromatic N) is 1. The Labute approximate surface area is 244 Å². The summed E-state index contributed by atoms with van der Waals surface area (Å²) in [6.45, 7) is 2.45. The fourth-order valence-electron chi connectivity index (χ4n) is 6.49. The number of carbonyl (C=O) groups is 3. The van der Waals surface area contributed by atoms with Crippen LogP contribution in [-0.4, -0.2) is 71.5 Å². The molecule has 0 radical (unpaired) electrons. The Balaban J connectivity index is 1.20. The second-order valence-corrected chi connectivity index (χ2v) is 11.0. The maximum atomic E-state index is 14.0. The topological polar surface area (TPSA) is 114 Å². The van der Waals surface area contributed by atoms with E-state index in [1.165, 1.54) is 4.90 Å². The van der Waals surface area contributed by atoms with Crippen molar-refractivity contribution in [3.05, 3.63) is 95.6 Å². The summed E-state index contributed by atoms with van der Waals surface area (Å²) in [5.74, 6) is -1.76. The standard InChI is InChI=1S/C33H34N2O7/c1-20(41-18-21-9-3-2-4-10-21)30(31(36)35-27-15-16-40-29(27)17-28(35)32(37)38)34-33(39)42-19-26-24-13-7-5-11-22(24)23-12-6-8-14-25(23)26/h2-14,20,26-30H,15-19H2,1H3,(H,34,39)(H,37,38)/t20-,27-,28?,29-,30+/m0/s1. The zero-order valence-corrected chi connectivity index (χ0v) is 23.3. The minimum atomic E-state index is -1.16. The Morgan fingerprint density at radius 1 is 0.976 bits per heavy atom. The molecule has 3 aromatic rings. The van der Waals surface area contributed by atoms with Gasteiger partial charge >= 0.3 is 12.1 Å². The van der Waals surface area contributed by atoms with Gasteiger partial charge in [-0.3, -0.25) is 4.79 Å². The summed E-state index contributed by atoms with van der Waals surface area (Å²) >= 11 is 0. The minimum Gasteiger partial charge on any atom is -0.480 e. The van der Waals surface area contributed by atoms with E-state index in [0.29, 0.717) is 13.0 Å².